The third kappa shape index (κ3) is 8.12. The molecule has 0 bridgehead atoms. The van der Waals surface area contributed by atoms with E-state index in [4.69, 9.17) is 4.74 Å². The fraction of sp³-hybridized carbons (Fsp3) is 0.520. The van der Waals surface area contributed by atoms with Crippen molar-refractivity contribution in [3.63, 3.8) is 0 Å². The summed E-state index contributed by atoms with van der Waals surface area (Å²) < 4.78 is 43.5. The van der Waals surface area contributed by atoms with Gasteiger partial charge >= 0.3 is 12.3 Å². The van der Waals surface area contributed by atoms with E-state index in [2.05, 4.69) is 15.2 Å². The molecule has 10 nitrogen and oxygen atoms in total. The molecule has 2 heterocycles. The topological polar surface area (TPSA) is 121 Å². The molecular formula is C25H32F3N5O5. The smallest absolute Gasteiger partial charge is 0.423 e. The van der Waals surface area contributed by atoms with Gasteiger partial charge in [0.1, 0.15) is 11.4 Å². The molecule has 1 aliphatic carbocycles. The first-order valence-electron chi connectivity index (χ1n) is 12.6. The number of hydrogen-bond acceptors (Lipinski definition) is 7. The molecule has 0 unspecified atom stereocenters. The lowest BCUT2D eigenvalue weighted by molar-refractivity contribution is -0.388. The average molecular weight is 540 g/mol. The number of halogens is 3. The Hall–Kier alpha value is -3.77. The summed E-state index contributed by atoms with van der Waals surface area (Å²) in [5, 5.41) is 13.7. The van der Waals surface area contributed by atoms with Crippen LogP contribution in [0.5, 0.6) is 0 Å². The molecule has 1 amide bonds. The van der Waals surface area contributed by atoms with E-state index in [1.165, 1.54) is 12.1 Å². The Morgan fingerprint density at radius 2 is 1.82 bits per heavy atom. The molecule has 1 aliphatic heterocycles. The number of anilines is 2. The van der Waals surface area contributed by atoms with Crippen LogP contribution in [0.2, 0.25) is 0 Å². The highest BCUT2D eigenvalue weighted by Crippen LogP contribution is 2.38. The highest BCUT2D eigenvalue weighted by molar-refractivity contribution is 5.68. The Balaban J connectivity index is 0.000000212. The number of carbonyl (C=O) groups excluding carboxylic acids is 1. The van der Waals surface area contributed by atoms with E-state index in [1.807, 2.05) is 6.07 Å². The largest absolute Gasteiger partial charge is 0.450 e. The van der Waals surface area contributed by atoms with E-state index < -0.39 is 22.4 Å². The first-order valence-corrected chi connectivity index (χ1v) is 12.6. The number of ether oxygens (including phenoxy) is 1. The molecule has 2 fully saturated rings. The zero-order valence-electron chi connectivity index (χ0n) is 21.1. The van der Waals surface area contributed by atoms with Crippen LogP contribution in [0, 0.1) is 10.1 Å². The van der Waals surface area contributed by atoms with E-state index in [0.717, 1.165) is 50.1 Å². The van der Waals surface area contributed by atoms with Gasteiger partial charge in [0.15, 0.2) is 0 Å². The number of hydrogen-bond donors (Lipinski definition) is 2. The van der Waals surface area contributed by atoms with Crippen LogP contribution < -0.4 is 15.8 Å². The lowest BCUT2D eigenvalue weighted by atomic mass is 9.95. The summed E-state index contributed by atoms with van der Waals surface area (Å²) in [7, 11) is 0. The van der Waals surface area contributed by atoms with Crippen LogP contribution in [0.25, 0.3) is 0 Å². The Morgan fingerprint density at radius 1 is 1.13 bits per heavy atom. The summed E-state index contributed by atoms with van der Waals surface area (Å²) in [5.41, 5.74) is -1.94. The highest BCUT2D eigenvalue weighted by Gasteiger charge is 2.38. The van der Waals surface area contributed by atoms with Crippen molar-refractivity contribution >= 4 is 23.3 Å². The molecule has 2 aromatic rings. The number of carbonyl (C=O) groups is 1. The van der Waals surface area contributed by atoms with Gasteiger partial charge in [0, 0.05) is 50.0 Å². The molecule has 13 heteroatoms. The van der Waals surface area contributed by atoms with Crippen LogP contribution in [-0.2, 0) is 10.9 Å². The van der Waals surface area contributed by atoms with Crippen molar-refractivity contribution in [2.75, 3.05) is 43.0 Å². The molecule has 0 radical (unpaired) electrons. The third-order valence-electron chi connectivity index (χ3n) is 6.37. The molecular weight excluding hydrogens is 507 g/mol. The molecule has 208 valence electrons. The maximum atomic E-state index is 12.8. The fourth-order valence-electron chi connectivity index (χ4n) is 4.46. The molecule has 4 rings (SSSR count). The number of aromatic nitrogens is 1. The Kier molecular flexibility index (Phi) is 9.97. The summed E-state index contributed by atoms with van der Waals surface area (Å²) in [6.07, 6.45) is 0.0852. The first kappa shape index (κ1) is 28.8. The Labute approximate surface area is 217 Å². The van der Waals surface area contributed by atoms with E-state index >= 15 is 0 Å². The zero-order valence-corrected chi connectivity index (χ0v) is 21.1. The molecule has 2 aliphatic rings. The molecule has 1 saturated carbocycles. The van der Waals surface area contributed by atoms with Gasteiger partial charge in [-0.15, -0.1) is 0 Å². The lowest BCUT2D eigenvalue weighted by Gasteiger charge is -2.34. The monoisotopic (exact) mass is 539 g/mol. The Bertz CT molecular complexity index is 1140. The predicted octanol–water partition coefficient (Wildman–Crippen LogP) is 5.01. The molecule has 0 spiro atoms. The lowest BCUT2D eigenvalue weighted by Crippen LogP contribution is -2.49. The van der Waals surface area contributed by atoms with E-state index in [9.17, 15) is 32.9 Å². The van der Waals surface area contributed by atoms with Gasteiger partial charge < -0.3 is 24.8 Å². The normalized spacial score (nSPS) is 16.3. The zero-order chi connectivity index (χ0) is 27.7. The number of amides is 1. The van der Waals surface area contributed by atoms with Crippen molar-refractivity contribution < 1.29 is 27.6 Å². The van der Waals surface area contributed by atoms with Gasteiger partial charge in [0.25, 0.3) is 5.69 Å². The van der Waals surface area contributed by atoms with Gasteiger partial charge in [-0.2, -0.15) is 13.2 Å². The number of nitrogens with zero attached hydrogens (tertiary/aromatic N) is 3. The number of nitro groups is 1. The van der Waals surface area contributed by atoms with Crippen LogP contribution in [0.4, 0.5) is 35.2 Å². The number of benzene rings is 1. The second-order valence-electron chi connectivity index (χ2n) is 9.04. The van der Waals surface area contributed by atoms with Gasteiger partial charge in [-0.25, -0.2) is 4.79 Å². The number of aromatic amines is 1. The van der Waals surface area contributed by atoms with Crippen molar-refractivity contribution in [3.05, 3.63) is 62.4 Å². The van der Waals surface area contributed by atoms with Crippen LogP contribution >= 0.6 is 0 Å². The quantitative estimate of drug-likeness (QED) is 0.405. The van der Waals surface area contributed by atoms with Gasteiger partial charge in [-0.1, -0.05) is 25.3 Å². The van der Waals surface area contributed by atoms with Gasteiger partial charge in [-0.3, -0.25) is 14.9 Å². The number of piperazine rings is 1. The summed E-state index contributed by atoms with van der Waals surface area (Å²) >= 11 is 0. The summed E-state index contributed by atoms with van der Waals surface area (Å²) in [5.74, 6) is 0.797. The van der Waals surface area contributed by atoms with Gasteiger partial charge in [0.05, 0.1) is 11.5 Å². The molecule has 38 heavy (non-hydrogen) atoms. The molecule has 0 atom stereocenters. The molecule has 1 saturated heterocycles. The maximum absolute atomic E-state index is 12.8. The van der Waals surface area contributed by atoms with Crippen molar-refractivity contribution in [2.45, 2.75) is 51.2 Å². The van der Waals surface area contributed by atoms with E-state index in [-0.39, 0.29) is 23.4 Å². The van der Waals surface area contributed by atoms with Crippen molar-refractivity contribution in [3.8, 4) is 0 Å². The van der Waals surface area contributed by atoms with Crippen LogP contribution in [-0.4, -0.2) is 59.7 Å². The van der Waals surface area contributed by atoms with Crippen LogP contribution in [0.3, 0.4) is 0 Å². The van der Waals surface area contributed by atoms with Crippen molar-refractivity contribution in [1.29, 1.82) is 0 Å². The number of nitro benzene ring substituents is 1. The van der Waals surface area contributed by atoms with Gasteiger partial charge in [-0.05, 0) is 38.0 Å². The molecule has 2 N–H and O–H groups in total. The SMILES string of the molecule is CCOC(=O)N1CCN(c2cccc(=O)[nH]2)CC1.O=[N+]([O-])c1ccc(NC2CCCCC2)cc1C(F)(F)F. The Morgan fingerprint density at radius 3 is 2.39 bits per heavy atom. The maximum Gasteiger partial charge on any atom is 0.423 e. The third-order valence-corrected chi connectivity index (χ3v) is 6.37. The number of H-pyrrole nitrogens is 1. The van der Waals surface area contributed by atoms with Crippen LogP contribution in [0.15, 0.2) is 41.2 Å². The molecule has 1 aromatic heterocycles. The van der Waals surface area contributed by atoms with Crippen molar-refractivity contribution in [1.82, 2.24) is 9.88 Å². The number of rotatable bonds is 5. The average Bonchev–Trinajstić information content (AvgIpc) is 2.89. The minimum atomic E-state index is -4.73. The second-order valence-corrected chi connectivity index (χ2v) is 9.04. The van der Waals surface area contributed by atoms with Crippen molar-refractivity contribution in [2.24, 2.45) is 0 Å². The van der Waals surface area contributed by atoms with Crippen LogP contribution in [0.1, 0.15) is 44.6 Å². The summed E-state index contributed by atoms with van der Waals surface area (Å²) in [6.45, 7) is 4.79. The highest BCUT2D eigenvalue weighted by atomic mass is 19.4. The minimum Gasteiger partial charge on any atom is -0.450 e. The fourth-order valence-corrected chi connectivity index (χ4v) is 4.46. The number of pyridine rings is 1. The van der Waals surface area contributed by atoms with E-state index in [1.54, 1.807) is 17.9 Å². The standard InChI is InChI=1S/C13H15F3N2O2.C12H17N3O3/c14-13(15,16)11-8-10(6-7-12(11)18(19)20)17-9-4-2-1-3-5-9;1-2-18-12(17)15-8-6-14(7-9-15)10-4-3-5-11(16)13-10/h6-9,17H,1-5H2;3-5H,2,6-9H2,1H3,(H,13,16). The van der Waals surface area contributed by atoms with Gasteiger partial charge in [0.2, 0.25) is 5.56 Å². The predicted molar refractivity (Wildman–Crippen MR) is 136 cm³/mol. The minimum absolute atomic E-state index is 0.111. The number of nitrogens with one attached hydrogen (secondary N) is 2. The first-order chi connectivity index (χ1) is 18.1. The second kappa shape index (κ2) is 13.2. The summed E-state index contributed by atoms with van der Waals surface area (Å²) in [4.78, 5) is 38.9. The number of alkyl halides is 3. The molecule has 1 aromatic carbocycles. The van der Waals surface area contributed by atoms with E-state index in [0.29, 0.717) is 32.8 Å². The summed E-state index contributed by atoms with van der Waals surface area (Å²) in [6, 6.07) is 8.29.